The molecule has 0 spiro atoms. The maximum absolute atomic E-state index is 13.2. The van der Waals surface area contributed by atoms with Crippen LogP contribution in [0.3, 0.4) is 0 Å². The van der Waals surface area contributed by atoms with Crippen LogP contribution in [0.4, 0.5) is 26.3 Å². The first-order chi connectivity index (χ1) is 7.59. The van der Waals surface area contributed by atoms with E-state index < -0.39 is 29.5 Å². The average Bonchev–Trinajstić information content (AvgIpc) is 2.15. The summed E-state index contributed by atoms with van der Waals surface area (Å²) in [7, 11) is 0. The van der Waals surface area contributed by atoms with Gasteiger partial charge in [-0.2, -0.15) is 22.0 Å². The van der Waals surface area contributed by atoms with Gasteiger partial charge in [0.15, 0.2) is 0 Å². The summed E-state index contributed by atoms with van der Waals surface area (Å²) in [6.07, 6.45) is -5.84. The Morgan fingerprint density at radius 1 is 1.12 bits per heavy atom. The summed E-state index contributed by atoms with van der Waals surface area (Å²) in [5.41, 5.74) is 3.91. The Hall–Kier alpha value is -0.760. The standard InChI is InChI=1S/C9H6BrF6N/c10-4-2-1-3-5(11)6(4)7(17)8(12,13)9(14,15)16/h1-3,7H,17H2/t7-/m0/s1. The van der Waals surface area contributed by atoms with Gasteiger partial charge >= 0.3 is 12.1 Å². The Bertz CT molecular complexity index is 396. The molecule has 0 aliphatic heterocycles. The molecule has 1 aromatic carbocycles. The Labute approximate surface area is 101 Å². The largest absolute Gasteiger partial charge is 0.455 e. The zero-order valence-electron chi connectivity index (χ0n) is 8.03. The summed E-state index contributed by atoms with van der Waals surface area (Å²) in [6.45, 7) is 0. The molecule has 17 heavy (non-hydrogen) atoms. The lowest BCUT2D eigenvalue weighted by Gasteiger charge is -2.26. The van der Waals surface area contributed by atoms with E-state index >= 15 is 0 Å². The molecule has 0 saturated carbocycles. The SMILES string of the molecule is N[C@@H](c1c(F)cccc1Br)C(F)(F)C(F)(F)F. The van der Waals surface area contributed by atoms with E-state index in [0.717, 1.165) is 18.2 Å². The molecule has 0 aliphatic carbocycles. The predicted octanol–water partition coefficient (Wildman–Crippen LogP) is 3.79. The minimum absolute atomic E-state index is 0.242. The Morgan fingerprint density at radius 3 is 2.06 bits per heavy atom. The molecule has 1 rings (SSSR count). The lowest BCUT2D eigenvalue weighted by molar-refractivity contribution is -0.291. The van der Waals surface area contributed by atoms with Gasteiger partial charge in [0.05, 0.1) is 0 Å². The molecule has 0 fully saturated rings. The third kappa shape index (κ3) is 2.57. The van der Waals surface area contributed by atoms with Crippen molar-refractivity contribution in [3.63, 3.8) is 0 Å². The summed E-state index contributed by atoms with van der Waals surface area (Å²) < 4.78 is 75.0. The first kappa shape index (κ1) is 14.3. The lowest BCUT2D eigenvalue weighted by atomic mass is 10.0. The number of hydrogen-bond acceptors (Lipinski definition) is 1. The Kier molecular flexibility index (Phi) is 3.78. The van der Waals surface area contributed by atoms with Gasteiger partial charge in [-0.3, -0.25) is 0 Å². The molecule has 0 unspecified atom stereocenters. The fourth-order valence-electron chi connectivity index (χ4n) is 1.17. The number of nitrogens with two attached hydrogens (primary N) is 1. The van der Waals surface area contributed by atoms with Crippen LogP contribution in [0, 0.1) is 5.82 Å². The van der Waals surface area contributed by atoms with Crippen LogP contribution in [0.2, 0.25) is 0 Å². The molecule has 2 N–H and O–H groups in total. The molecule has 8 heteroatoms. The summed E-state index contributed by atoms with van der Waals surface area (Å²) in [4.78, 5) is 0. The lowest BCUT2D eigenvalue weighted by Crippen LogP contribution is -2.46. The first-order valence-electron chi connectivity index (χ1n) is 4.23. The normalized spacial score (nSPS) is 14.8. The molecule has 1 atom stereocenters. The molecule has 96 valence electrons. The van der Waals surface area contributed by atoms with Crippen molar-refractivity contribution >= 4 is 15.9 Å². The Balaban J connectivity index is 3.26. The fourth-order valence-corrected chi connectivity index (χ4v) is 1.75. The van der Waals surface area contributed by atoms with Gasteiger partial charge in [0.2, 0.25) is 0 Å². The van der Waals surface area contributed by atoms with Gasteiger partial charge in [-0.05, 0) is 12.1 Å². The van der Waals surface area contributed by atoms with Crippen LogP contribution in [-0.2, 0) is 0 Å². The van der Waals surface area contributed by atoms with Crippen LogP contribution in [-0.4, -0.2) is 12.1 Å². The third-order valence-corrected chi connectivity index (χ3v) is 2.77. The van der Waals surface area contributed by atoms with E-state index in [-0.39, 0.29) is 4.47 Å². The molecule has 0 bridgehead atoms. The second-order valence-corrected chi connectivity index (χ2v) is 4.09. The second-order valence-electron chi connectivity index (χ2n) is 3.23. The summed E-state index contributed by atoms with van der Waals surface area (Å²) in [5.74, 6) is -6.44. The van der Waals surface area contributed by atoms with Crippen molar-refractivity contribution in [3.05, 3.63) is 34.1 Å². The molecule has 0 heterocycles. The van der Waals surface area contributed by atoms with Crippen molar-refractivity contribution in [1.82, 2.24) is 0 Å². The monoisotopic (exact) mass is 321 g/mol. The van der Waals surface area contributed by atoms with Crippen LogP contribution >= 0.6 is 15.9 Å². The Morgan fingerprint density at radius 2 is 1.65 bits per heavy atom. The van der Waals surface area contributed by atoms with Gasteiger partial charge in [0.25, 0.3) is 0 Å². The number of alkyl halides is 5. The number of hydrogen-bond donors (Lipinski definition) is 1. The summed E-state index contributed by atoms with van der Waals surface area (Å²) >= 11 is 2.69. The minimum Gasteiger partial charge on any atom is -0.319 e. The van der Waals surface area contributed by atoms with Gasteiger partial charge in [0, 0.05) is 10.0 Å². The smallest absolute Gasteiger partial charge is 0.319 e. The topological polar surface area (TPSA) is 26.0 Å². The zero-order chi connectivity index (χ0) is 13.4. The van der Waals surface area contributed by atoms with Crippen molar-refractivity contribution in [2.45, 2.75) is 18.1 Å². The highest BCUT2D eigenvalue weighted by Crippen LogP contribution is 2.45. The third-order valence-electron chi connectivity index (χ3n) is 2.08. The van der Waals surface area contributed by atoms with Gasteiger partial charge in [-0.1, -0.05) is 22.0 Å². The minimum atomic E-state index is -5.84. The quantitative estimate of drug-likeness (QED) is 0.824. The van der Waals surface area contributed by atoms with Gasteiger partial charge < -0.3 is 5.73 Å². The molecule has 0 saturated heterocycles. The van der Waals surface area contributed by atoms with E-state index in [1.54, 1.807) is 0 Å². The molecule has 0 amide bonds. The van der Waals surface area contributed by atoms with Crippen LogP contribution in [0.25, 0.3) is 0 Å². The maximum atomic E-state index is 13.2. The number of rotatable bonds is 2. The molecule has 1 nitrogen and oxygen atoms in total. The molecular formula is C9H6BrF6N. The van der Waals surface area contributed by atoms with E-state index in [1.807, 2.05) is 0 Å². The first-order valence-corrected chi connectivity index (χ1v) is 5.02. The highest BCUT2D eigenvalue weighted by molar-refractivity contribution is 9.10. The molecule has 0 aliphatic rings. The maximum Gasteiger partial charge on any atom is 0.455 e. The molecule has 0 radical (unpaired) electrons. The van der Waals surface area contributed by atoms with Crippen molar-refractivity contribution in [2.75, 3.05) is 0 Å². The predicted molar refractivity (Wildman–Crippen MR) is 52.0 cm³/mol. The highest BCUT2D eigenvalue weighted by Gasteiger charge is 2.62. The second kappa shape index (κ2) is 4.49. The van der Waals surface area contributed by atoms with E-state index in [4.69, 9.17) is 5.73 Å². The molecular weight excluding hydrogens is 316 g/mol. The van der Waals surface area contributed by atoms with E-state index in [0.29, 0.717) is 0 Å². The van der Waals surface area contributed by atoms with Gasteiger partial charge in [0.1, 0.15) is 11.9 Å². The van der Waals surface area contributed by atoms with Crippen LogP contribution in [0.1, 0.15) is 11.6 Å². The molecule has 1 aromatic rings. The fraction of sp³-hybridized carbons (Fsp3) is 0.333. The van der Waals surface area contributed by atoms with Gasteiger partial charge in [-0.25, -0.2) is 4.39 Å². The van der Waals surface area contributed by atoms with Crippen molar-refractivity contribution in [3.8, 4) is 0 Å². The molecule has 0 aromatic heterocycles. The van der Waals surface area contributed by atoms with E-state index in [9.17, 15) is 26.3 Å². The van der Waals surface area contributed by atoms with Crippen LogP contribution in [0.5, 0.6) is 0 Å². The van der Waals surface area contributed by atoms with Crippen molar-refractivity contribution in [1.29, 1.82) is 0 Å². The van der Waals surface area contributed by atoms with Crippen molar-refractivity contribution < 1.29 is 26.3 Å². The number of halogens is 7. The zero-order valence-corrected chi connectivity index (χ0v) is 9.62. The van der Waals surface area contributed by atoms with Crippen LogP contribution < -0.4 is 5.73 Å². The number of benzene rings is 1. The van der Waals surface area contributed by atoms with E-state index in [2.05, 4.69) is 15.9 Å². The average molecular weight is 322 g/mol. The summed E-state index contributed by atoms with van der Waals surface area (Å²) in [5, 5.41) is 0. The highest BCUT2D eigenvalue weighted by atomic mass is 79.9. The van der Waals surface area contributed by atoms with Gasteiger partial charge in [-0.15, -0.1) is 0 Å². The summed E-state index contributed by atoms with van der Waals surface area (Å²) in [6, 6.07) is 0.233. The van der Waals surface area contributed by atoms with Crippen LogP contribution in [0.15, 0.2) is 22.7 Å². The van der Waals surface area contributed by atoms with E-state index in [1.165, 1.54) is 0 Å². The van der Waals surface area contributed by atoms with Crippen molar-refractivity contribution in [2.24, 2.45) is 5.73 Å².